The lowest BCUT2D eigenvalue weighted by Crippen LogP contribution is -2.00. The van der Waals surface area contributed by atoms with E-state index in [9.17, 15) is 0 Å². The maximum atomic E-state index is 8.71. The molecule has 2 N–H and O–H groups in total. The highest BCUT2D eigenvalue weighted by molar-refractivity contribution is 7.99. The van der Waals surface area contributed by atoms with E-state index in [2.05, 4.69) is 12.1 Å². The summed E-state index contributed by atoms with van der Waals surface area (Å²) in [7, 11) is 0. The Bertz CT molecular complexity index is 617. The monoisotopic (exact) mass is 284 g/mol. The molecule has 0 radical (unpaired) electrons. The minimum atomic E-state index is 0.616. The van der Waals surface area contributed by atoms with Crippen LogP contribution in [0.15, 0.2) is 47.4 Å². The summed E-state index contributed by atoms with van der Waals surface area (Å²) < 4.78 is 5.64. The van der Waals surface area contributed by atoms with Crippen LogP contribution in [0.2, 0.25) is 0 Å². The number of nitrogens with zero attached hydrogens (tertiary/aromatic N) is 1. The molecule has 0 heterocycles. The molecule has 102 valence electrons. The third kappa shape index (κ3) is 3.69. The van der Waals surface area contributed by atoms with Gasteiger partial charge in [0.15, 0.2) is 0 Å². The first-order valence-electron chi connectivity index (χ1n) is 6.31. The molecule has 2 aromatic carbocycles. The number of nitrogen functional groups attached to an aromatic ring is 1. The minimum Gasteiger partial charge on any atom is -0.493 e. The number of benzene rings is 2. The smallest absolute Gasteiger partial charge is 0.119 e. The highest BCUT2D eigenvalue weighted by atomic mass is 32.2. The van der Waals surface area contributed by atoms with Crippen LogP contribution in [-0.4, -0.2) is 12.4 Å². The number of hydrogen-bond acceptors (Lipinski definition) is 4. The Balaban J connectivity index is 1.81. The summed E-state index contributed by atoms with van der Waals surface area (Å²) in [5, 5.41) is 8.71. The number of anilines is 1. The molecule has 0 aromatic heterocycles. The molecule has 0 unspecified atom stereocenters. The fourth-order valence-electron chi connectivity index (χ4n) is 1.72. The molecular formula is C16H16N2OS. The fourth-order valence-corrected chi connectivity index (χ4v) is 2.62. The summed E-state index contributed by atoms with van der Waals surface area (Å²) in [4.78, 5) is 1.19. The molecule has 0 fully saturated rings. The Morgan fingerprint density at radius 2 is 1.95 bits per heavy atom. The molecule has 0 aliphatic rings. The van der Waals surface area contributed by atoms with Gasteiger partial charge in [0.1, 0.15) is 5.75 Å². The van der Waals surface area contributed by atoms with Crippen LogP contribution in [0.3, 0.4) is 0 Å². The van der Waals surface area contributed by atoms with Crippen molar-refractivity contribution in [3.8, 4) is 11.8 Å². The zero-order valence-corrected chi connectivity index (χ0v) is 12.1. The summed E-state index contributed by atoms with van der Waals surface area (Å²) in [5.74, 6) is 1.64. The predicted molar refractivity (Wildman–Crippen MR) is 83.0 cm³/mol. The summed E-state index contributed by atoms with van der Waals surface area (Å²) in [6.07, 6.45) is 0. The molecule has 0 aliphatic carbocycles. The van der Waals surface area contributed by atoms with Gasteiger partial charge in [-0.2, -0.15) is 5.26 Å². The van der Waals surface area contributed by atoms with Crippen LogP contribution in [0, 0.1) is 18.3 Å². The topological polar surface area (TPSA) is 59.0 Å². The molecule has 0 bridgehead atoms. The molecule has 0 saturated carbocycles. The SMILES string of the molecule is Cc1c(N)cccc1SCCOc1ccc(C#N)cc1. The number of thioether (sulfide) groups is 1. The van der Waals surface area contributed by atoms with Gasteiger partial charge in [0.25, 0.3) is 0 Å². The zero-order chi connectivity index (χ0) is 14.4. The molecule has 2 aromatic rings. The number of rotatable bonds is 5. The highest BCUT2D eigenvalue weighted by Crippen LogP contribution is 2.26. The summed E-state index contributed by atoms with van der Waals surface area (Å²) in [6.45, 7) is 2.64. The van der Waals surface area contributed by atoms with Crippen molar-refractivity contribution in [1.82, 2.24) is 0 Å². The Morgan fingerprint density at radius 1 is 1.20 bits per heavy atom. The standard InChI is InChI=1S/C16H16N2OS/c1-12-15(18)3-2-4-16(12)20-10-9-19-14-7-5-13(11-17)6-8-14/h2-8H,9-10,18H2,1H3. The summed E-state index contributed by atoms with van der Waals surface area (Å²) >= 11 is 1.73. The number of hydrogen-bond donors (Lipinski definition) is 1. The van der Waals surface area contributed by atoms with Crippen LogP contribution in [0.4, 0.5) is 5.69 Å². The van der Waals surface area contributed by atoms with Gasteiger partial charge in [0, 0.05) is 16.3 Å². The average Bonchev–Trinajstić information content (AvgIpc) is 2.48. The molecule has 0 saturated heterocycles. The highest BCUT2D eigenvalue weighted by Gasteiger charge is 2.02. The normalized spacial score (nSPS) is 10.0. The van der Waals surface area contributed by atoms with Crippen LogP contribution >= 0.6 is 11.8 Å². The second kappa shape index (κ2) is 6.88. The Morgan fingerprint density at radius 3 is 2.65 bits per heavy atom. The van der Waals surface area contributed by atoms with E-state index in [-0.39, 0.29) is 0 Å². The minimum absolute atomic E-state index is 0.616. The van der Waals surface area contributed by atoms with Crippen LogP contribution in [0.25, 0.3) is 0 Å². The lowest BCUT2D eigenvalue weighted by Gasteiger charge is -2.09. The van der Waals surface area contributed by atoms with Gasteiger partial charge in [-0.05, 0) is 48.9 Å². The van der Waals surface area contributed by atoms with E-state index in [1.54, 1.807) is 23.9 Å². The van der Waals surface area contributed by atoms with E-state index >= 15 is 0 Å². The maximum Gasteiger partial charge on any atom is 0.119 e. The molecule has 4 heteroatoms. The van der Waals surface area contributed by atoms with Crippen LogP contribution in [0.5, 0.6) is 5.75 Å². The van der Waals surface area contributed by atoms with Crippen molar-refractivity contribution in [1.29, 1.82) is 5.26 Å². The van der Waals surface area contributed by atoms with E-state index in [1.165, 1.54) is 4.90 Å². The fraction of sp³-hybridized carbons (Fsp3) is 0.188. The lowest BCUT2D eigenvalue weighted by atomic mass is 10.2. The predicted octanol–water partition coefficient (Wildman–Crippen LogP) is 3.62. The van der Waals surface area contributed by atoms with E-state index in [0.29, 0.717) is 12.2 Å². The van der Waals surface area contributed by atoms with Crippen molar-refractivity contribution in [2.45, 2.75) is 11.8 Å². The summed E-state index contributed by atoms with van der Waals surface area (Å²) in [5.41, 5.74) is 8.46. The van der Waals surface area contributed by atoms with Gasteiger partial charge in [-0.3, -0.25) is 0 Å². The average molecular weight is 284 g/mol. The lowest BCUT2D eigenvalue weighted by molar-refractivity contribution is 0.344. The van der Waals surface area contributed by atoms with Gasteiger partial charge < -0.3 is 10.5 Å². The van der Waals surface area contributed by atoms with Crippen molar-refractivity contribution in [2.24, 2.45) is 0 Å². The first-order chi connectivity index (χ1) is 9.70. The third-order valence-corrected chi connectivity index (χ3v) is 4.04. The van der Waals surface area contributed by atoms with Crippen LogP contribution in [0.1, 0.15) is 11.1 Å². The third-order valence-electron chi connectivity index (χ3n) is 2.92. The van der Waals surface area contributed by atoms with E-state index < -0.39 is 0 Å². The maximum absolute atomic E-state index is 8.71. The number of ether oxygens (including phenoxy) is 1. The largest absolute Gasteiger partial charge is 0.493 e. The van der Waals surface area contributed by atoms with E-state index in [0.717, 1.165) is 22.8 Å². The zero-order valence-electron chi connectivity index (χ0n) is 11.3. The summed E-state index contributed by atoms with van der Waals surface area (Å²) in [6, 6.07) is 15.2. The Hall–Kier alpha value is -2.12. The molecular weight excluding hydrogens is 268 g/mol. The molecule has 20 heavy (non-hydrogen) atoms. The van der Waals surface area contributed by atoms with E-state index in [1.807, 2.05) is 31.2 Å². The van der Waals surface area contributed by atoms with Crippen molar-refractivity contribution in [2.75, 3.05) is 18.1 Å². The van der Waals surface area contributed by atoms with Gasteiger partial charge in [-0.1, -0.05) is 6.07 Å². The Labute approximate surface area is 123 Å². The molecule has 0 atom stereocenters. The number of nitriles is 1. The van der Waals surface area contributed by atoms with Crippen molar-refractivity contribution >= 4 is 17.4 Å². The molecule has 2 rings (SSSR count). The molecule has 0 amide bonds. The van der Waals surface area contributed by atoms with Gasteiger partial charge >= 0.3 is 0 Å². The van der Waals surface area contributed by atoms with Crippen LogP contribution < -0.4 is 10.5 Å². The van der Waals surface area contributed by atoms with Crippen LogP contribution in [-0.2, 0) is 0 Å². The quantitative estimate of drug-likeness (QED) is 0.517. The first kappa shape index (κ1) is 14.3. The van der Waals surface area contributed by atoms with Crippen molar-refractivity contribution < 1.29 is 4.74 Å². The second-order valence-electron chi connectivity index (χ2n) is 4.30. The second-order valence-corrected chi connectivity index (χ2v) is 5.44. The first-order valence-corrected chi connectivity index (χ1v) is 7.30. The van der Waals surface area contributed by atoms with Crippen molar-refractivity contribution in [3.05, 3.63) is 53.6 Å². The van der Waals surface area contributed by atoms with Gasteiger partial charge in [0.05, 0.1) is 18.2 Å². The number of nitrogens with two attached hydrogens (primary N) is 1. The van der Waals surface area contributed by atoms with Gasteiger partial charge in [-0.25, -0.2) is 0 Å². The van der Waals surface area contributed by atoms with Crippen molar-refractivity contribution in [3.63, 3.8) is 0 Å². The molecule has 3 nitrogen and oxygen atoms in total. The van der Waals surface area contributed by atoms with Gasteiger partial charge in [-0.15, -0.1) is 11.8 Å². The Kier molecular flexibility index (Phi) is 4.91. The van der Waals surface area contributed by atoms with E-state index in [4.69, 9.17) is 15.7 Å². The molecule has 0 aliphatic heterocycles. The molecule has 0 spiro atoms. The van der Waals surface area contributed by atoms with Gasteiger partial charge in [0.2, 0.25) is 0 Å².